The molecule has 0 bridgehead atoms. The molecule has 0 saturated heterocycles. The first-order chi connectivity index (χ1) is 11.6. The first-order valence-corrected chi connectivity index (χ1v) is 8.92. The van der Waals surface area contributed by atoms with Gasteiger partial charge in [0.05, 0.1) is 13.2 Å². The molecule has 0 spiro atoms. The molecule has 0 heterocycles. The molecule has 1 aromatic rings. The Hall–Kier alpha value is -1.75. The monoisotopic (exact) mass is 335 g/mol. The van der Waals surface area contributed by atoms with E-state index in [1.165, 1.54) is 12.8 Å². The van der Waals surface area contributed by atoms with E-state index < -0.39 is 0 Å². The van der Waals surface area contributed by atoms with E-state index >= 15 is 0 Å². The van der Waals surface area contributed by atoms with Gasteiger partial charge in [-0.05, 0) is 63.6 Å². The molecule has 2 rings (SSSR count). The molecule has 1 saturated carbocycles. The van der Waals surface area contributed by atoms with E-state index in [4.69, 9.17) is 9.47 Å². The lowest BCUT2D eigenvalue weighted by atomic mass is 10.0. The molecule has 1 aliphatic carbocycles. The van der Waals surface area contributed by atoms with Gasteiger partial charge in [-0.2, -0.15) is 0 Å². The van der Waals surface area contributed by atoms with E-state index in [1.54, 1.807) is 18.1 Å². The van der Waals surface area contributed by atoms with Crippen LogP contribution in [0.4, 0.5) is 0 Å². The second-order valence-electron chi connectivity index (χ2n) is 6.14. The Kier molecular flexibility index (Phi) is 6.91. The smallest absolute Gasteiger partial charge is 0.254 e. The van der Waals surface area contributed by atoms with Crippen molar-refractivity contribution in [3.05, 3.63) is 23.3 Å². The Morgan fingerprint density at radius 3 is 2.42 bits per heavy atom. The summed E-state index contributed by atoms with van der Waals surface area (Å²) in [5, 5.41) is 9.34. The number of carbonyl (C=O) groups excluding carboxylic acids is 1. The summed E-state index contributed by atoms with van der Waals surface area (Å²) < 4.78 is 11.6. The van der Waals surface area contributed by atoms with Crippen LogP contribution in [-0.4, -0.2) is 48.8 Å². The Morgan fingerprint density at radius 1 is 1.21 bits per heavy atom. The number of nitrogens with zero attached hydrogens (tertiary/aromatic N) is 1. The topological polar surface area (TPSA) is 59.0 Å². The lowest BCUT2D eigenvalue weighted by Gasteiger charge is -2.23. The van der Waals surface area contributed by atoms with Crippen molar-refractivity contribution in [2.45, 2.75) is 52.1 Å². The van der Waals surface area contributed by atoms with Crippen molar-refractivity contribution < 1.29 is 19.4 Å². The van der Waals surface area contributed by atoms with Crippen molar-refractivity contribution in [3.8, 4) is 11.5 Å². The number of carbonyl (C=O) groups is 1. The Balaban J connectivity index is 2.39. The van der Waals surface area contributed by atoms with Crippen LogP contribution in [0.5, 0.6) is 11.5 Å². The van der Waals surface area contributed by atoms with Gasteiger partial charge in [-0.25, -0.2) is 0 Å². The molecule has 0 aromatic heterocycles. The fourth-order valence-electron chi connectivity index (χ4n) is 3.25. The summed E-state index contributed by atoms with van der Waals surface area (Å²) in [4.78, 5) is 14.6. The van der Waals surface area contributed by atoms with Crippen LogP contribution < -0.4 is 9.47 Å². The maximum atomic E-state index is 12.8. The molecule has 1 aliphatic rings. The molecule has 0 atom stereocenters. The first-order valence-electron chi connectivity index (χ1n) is 8.92. The molecular weight excluding hydrogens is 306 g/mol. The number of ether oxygens (including phenoxy) is 2. The number of amides is 1. The van der Waals surface area contributed by atoms with Crippen molar-refractivity contribution in [2.24, 2.45) is 0 Å². The van der Waals surface area contributed by atoms with Gasteiger partial charge in [-0.3, -0.25) is 4.79 Å². The summed E-state index contributed by atoms with van der Waals surface area (Å²) in [6.45, 7) is 5.22. The van der Waals surface area contributed by atoms with E-state index in [2.05, 4.69) is 0 Å². The predicted molar refractivity (Wildman–Crippen MR) is 93.9 cm³/mol. The predicted octanol–water partition coefficient (Wildman–Crippen LogP) is 3.03. The zero-order chi connectivity index (χ0) is 17.5. The minimum absolute atomic E-state index is 0.00941. The zero-order valence-electron chi connectivity index (χ0n) is 15.0. The summed E-state index contributed by atoms with van der Waals surface area (Å²) in [6, 6.07) is 3.63. The van der Waals surface area contributed by atoms with Crippen molar-refractivity contribution in [1.29, 1.82) is 0 Å². The van der Waals surface area contributed by atoms with E-state index in [9.17, 15) is 9.90 Å². The fraction of sp³-hybridized carbons (Fsp3) is 0.632. The number of benzene rings is 1. The second-order valence-corrected chi connectivity index (χ2v) is 6.14. The first kappa shape index (κ1) is 18.6. The van der Waals surface area contributed by atoms with Crippen LogP contribution in [0, 0.1) is 0 Å². The number of aliphatic hydroxyl groups is 1. The van der Waals surface area contributed by atoms with E-state index in [-0.39, 0.29) is 18.6 Å². The average molecular weight is 335 g/mol. The molecule has 5 nitrogen and oxygen atoms in total. The van der Waals surface area contributed by atoms with Crippen molar-refractivity contribution in [3.63, 3.8) is 0 Å². The van der Waals surface area contributed by atoms with E-state index in [1.807, 2.05) is 19.9 Å². The average Bonchev–Trinajstić information content (AvgIpc) is 3.10. The minimum Gasteiger partial charge on any atom is -0.493 e. The number of methoxy groups -OCH3 is 1. The van der Waals surface area contributed by atoms with Crippen LogP contribution >= 0.6 is 0 Å². The van der Waals surface area contributed by atoms with Gasteiger partial charge in [0.25, 0.3) is 5.91 Å². The van der Waals surface area contributed by atoms with Crippen LogP contribution in [0.1, 0.15) is 55.5 Å². The summed E-state index contributed by atoms with van der Waals surface area (Å²) >= 11 is 0. The molecule has 0 unspecified atom stereocenters. The molecule has 1 amide bonds. The van der Waals surface area contributed by atoms with Gasteiger partial charge in [0.15, 0.2) is 11.5 Å². The molecule has 134 valence electrons. The van der Waals surface area contributed by atoms with Gasteiger partial charge in [0, 0.05) is 25.3 Å². The molecule has 1 fully saturated rings. The van der Waals surface area contributed by atoms with Gasteiger partial charge in [0.1, 0.15) is 0 Å². The third kappa shape index (κ3) is 4.20. The SMILES string of the molecule is CCN(CC)C(=O)c1cc(OC2CCCC2)c(OC)cc1CCO. The van der Waals surface area contributed by atoms with Crippen LogP contribution in [0.15, 0.2) is 12.1 Å². The van der Waals surface area contributed by atoms with E-state index in [0.29, 0.717) is 36.6 Å². The molecule has 0 aliphatic heterocycles. The summed E-state index contributed by atoms with van der Waals surface area (Å²) in [5.41, 5.74) is 1.39. The molecule has 1 N–H and O–H groups in total. The number of aliphatic hydroxyl groups excluding tert-OH is 1. The maximum absolute atomic E-state index is 12.8. The van der Waals surface area contributed by atoms with Gasteiger partial charge < -0.3 is 19.5 Å². The van der Waals surface area contributed by atoms with Crippen molar-refractivity contribution in [2.75, 3.05) is 26.8 Å². The van der Waals surface area contributed by atoms with Crippen LogP contribution in [0.3, 0.4) is 0 Å². The van der Waals surface area contributed by atoms with Gasteiger partial charge in [0.2, 0.25) is 0 Å². The third-order valence-electron chi connectivity index (χ3n) is 4.65. The van der Waals surface area contributed by atoms with Crippen molar-refractivity contribution in [1.82, 2.24) is 4.90 Å². The number of rotatable bonds is 8. The lowest BCUT2D eigenvalue weighted by molar-refractivity contribution is 0.0770. The van der Waals surface area contributed by atoms with Crippen LogP contribution in [0.2, 0.25) is 0 Å². The minimum atomic E-state index is -0.0256. The standard InChI is InChI=1S/C19H29NO4/c1-4-20(5-2)19(22)16-13-18(24-15-8-6-7-9-15)17(23-3)12-14(16)10-11-21/h12-13,15,21H,4-11H2,1-3H3. The van der Waals surface area contributed by atoms with Crippen LogP contribution in [0.25, 0.3) is 0 Å². The Labute approximate surface area is 144 Å². The summed E-state index contributed by atoms with van der Waals surface area (Å²) in [5.74, 6) is 1.23. The number of hydrogen-bond donors (Lipinski definition) is 1. The Morgan fingerprint density at radius 2 is 1.88 bits per heavy atom. The highest BCUT2D eigenvalue weighted by molar-refractivity contribution is 5.96. The van der Waals surface area contributed by atoms with Gasteiger partial charge >= 0.3 is 0 Å². The summed E-state index contributed by atoms with van der Waals surface area (Å²) in [7, 11) is 1.60. The molecule has 24 heavy (non-hydrogen) atoms. The highest BCUT2D eigenvalue weighted by atomic mass is 16.5. The van der Waals surface area contributed by atoms with Crippen molar-refractivity contribution >= 4 is 5.91 Å². The zero-order valence-corrected chi connectivity index (χ0v) is 15.0. The number of hydrogen-bond acceptors (Lipinski definition) is 4. The maximum Gasteiger partial charge on any atom is 0.254 e. The van der Waals surface area contributed by atoms with E-state index in [0.717, 1.165) is 18.4 Å². The summed E-state index contributed by atoms with van der Waals surface area (Å²) in [6.07, 6.45) is 5.06. The normalized spacial score (nSPS) is 14.7. The highest BCUT2D eigenvalue weighted by Crippen LogP contribution is 2.35. The Bertz CT molecular complexity index is 549. The highest BCUT2D eigenvalue weighted by Gasteiger charge is 2.23. The quantitative estimate of drug-likeness (QED) is 0.793. The molecule has 0 radical (unpaired) electrons. The molecule has 1 aromatic carbocycles. The third-order valence-corrected chi connectivity index (χ3v) is 4.65. The molecule has 5 heteroatoms. The fourth-order valence-corrected chi connectivity index (χ4v) is 3.25. The molecular formula is C19H29NO4. The lowest BCUT2D eigenvalue weighted by Crippen LogP contribution is -2.31. The van der Waals surface area contributed by atoms with Gasteiger partial charge in [-0.15, -0.1) is 0 Å². The largest absolute Gasteiger partial charge is 0.493 e. The van der Waals surface area contributed by atoms with Gasteiger partial charge in [-0.1, -0.05) is 0 Å². The van der Waals surface area contributed by atoms with Crippen LogP contribution in [-0.2, 0) is 6.42 Å². The second kappa shape index (κ2) is 8.92.